The Bertz CT molecular complexity index is 1180. The minimum Gasteiger partial charge on any atom is -0.487 e. The van der Waals surface area contributed by atoms with Crippen LogP contribution in [0.2, 0.25) is 0 Å². The summed E-state index contributed by atoms with van der Waals surface area (Å²) in [4.78, 5) is 10.5. The molecule has 4 rings (SSSR count). The number of rotatable bonds is 9. The number of piperidine rings is 1. The molecule has 2 fully saturated rings. The lowest BCUT2D eigenvalue weighted by Crippen LogP contribution is -2.43. The Balaban J connectivity index is 1.32. The van der Waals surface area contributed by atoms with E-state index in [0.717, 1.165) is 6.07 Å². The molecule has 0 unspecified atom stereocenters. The molecule has 0 spiro atoms. The number of anilines is 1. The third-order valence-corrected chi connectivity index (χ3v) is 8.96. The van der Waals surface area contributed by atoms with Crippen molar-refractivity contribution in [1.82, 2.24) is 14.3 Å². The zero-order valence-electron chi connectivity index (χ0n) is 20.8. The molecule has 2 N–H and O–H groups in total. The first-order valence-corrected chi connectivity index (χ1v) is 13.8. The minimum atomic E-state index is -3.32. The van der Waals surface area contributed by atoms with Crippen molar-refractivity contribution in [3.8, 4) is 5.75 Å². The first kappa shape index (κ1) is 27.6. The molecule has 0 aliphatic carbocycles. The van der Waals surface area contributed by atoms with Crippen LogP contribution >= 0.6 is 0 Å². The number of ether oxygens (including phenoxy) is 2. The Labute approximate surface area is 214 Å². The summed E-state index contributed by atoms with van der Waals surface area (Å²) in [5, 5.41) is 0. The average Bonchev–Trinajstić information content (AvgIpc) is 3.26. The van der Waals surface area contributed by atoms with Gasteiger partial charge < -0.3 is 20.1 Å². The Morgan fingerprint density at radius 3 is 2.38 bits per heavy atom. The second kappa shape index (κ2) is 11.5. The Hall–Kier alpha value is -2.48. The number of benzene rings is 1. The van der Waals surface area contributed by atoms with Crippen molar-refractivity contribution >= 4 is 16.0 Å². The third kappa shape index (κ3) is 6.33. The van der Waals surface area contributed by atoms with Gasteiger partial charge in [-0.15, -0.1) is 0 Å². The number of sulfonamides is 1. The van der Waals surface area contributed by atoms with Gasteiger partial charge in [-0.05, 0) is 37.3 Å². The smallest absolute Gasteiger partial charge is 0.225 e. The minimum absolute atomic E-state index is 0.0255. The van der Waals surface area contributed by atoms with Crippen LogP contribution in [0.3, 0.4) is 0 Å². The molecule has 0 bridgehead atoms. The van der Waals surface area contributed by atoms with E-state index in [1.807, 2.05) is 6.92 Å². The van der Waals surface area contributed by atoms with E-state index in [1.54, 1.807) is 17.3 Å². The van der Waals surface area contributed by atoms with Crippen LogP contribution in [0.5, 0.6) is 5.75 Å². The van der Waals surface area contributed by atoms with Crippen molar-refractivity contribution < 1.29 is 31.1 Å². The number of nitrogens with zero attached hydrogens (tertiary/aromatic N) is 4. The lowest BCUT2D eigenvalue weighted by molar-refractivity contribution is 0.110. The molecule has 0 radical (unpaired) electrons. The van der Waals surface area contributed by atoms with Crippen LogP contribution in [-0.4, -0.2) is 80.5 Å². The van der Waals surface area contributed by atoms with Crippen LogP contribution in [0.25, 0.3) is 0 Å². The van der Waals surface area contributed by atoms with Gasteiger partial charge in [0.1, 0.15) is 5.82 Å². The van der Waals surface area contributed by atoms with Crippen molar-refractivity contribution in [2.24, 2.45) is 11.7 Å². The molecule has 37 heavy (non-hydrogen) atoms. The zero-order chi connectivity index (χ0) is 26.7. The number of nitrogens with two attached hydrogens (primary N) is 1. The quantitative estimate of drug-likeness (QED) is 0.480. The molecular weight excluding hydrogens is 511 g/mol. The predicted octanol–water partition coefficient (Wildman–Crippen LogP) is 2.28. The normalized spacial score (nSPS) is 22.4. The van der Waals surface area contributed by atoms with Gasteiger partial charge in [-0.25, -0.2) is 35.9 Å². The van der Waals surface area contributed by atoms with E-state index in [4.69, 9.17) is 15.2 Å². The topological polar surface area (TPSA) is 111 Å². The first-order chi connectivity index (χ1) is 17.6. The fourth-order valence-electron chi connectivity index (χ4n) is 4.93. The zero-order valence-corrected chi connectivity index (χ0v) is 21.6. The molecule has 2 aliphatic heterocycles. The summed E-state index contributed by atoms with van der Waals surface area (Å²) in [6.45, 7) is 3.57. The largest absolute Gasteiger partial charge is 0.487 e. The van der Waals surface area contributed by atoms with E-state index in [2.05, 4.69) is 9.97 Å². The summed E-state index contributed by atoms with van der Waals surface area (Å²) in [7, 11) is -1.84. The van der Waals surface area contributed by atoms with Crippen LogP contribution in [-0.2, 0) is 14.8 Å². The van der Waals surface area contributed by atoms with E-state index in [9.17, 15) is 21.6 Å². The van der Waals surface area contributed by atoms with Crippen molar-refractivity contribution in [1.29, 1.82) is 0 Å². The molecule has 2 aliphatic rings. The predicted molar refractivity (Wildman–Crippen MR) is 131 cm³/mol. The maximum atomic E-state index is 14.3. The van der Waals surface area contributed by atoms with Gasteiger partial charge in [-0.3, -0.25) is 0 Å². The number of hydrogen-bond donors (Lipinski definition) is 1. The van der Waals surface area contributed by atoms with Crippen molar-refractivity contribution in [3.05, 3.63) is 47.5 Å². The fraction of sp³-hybridized carbons (Fsp3) is 0.583. The summed E-state index contributed by atoms with van der Waals surface area (Å²) in [5.41, 5.74) is 6.21. The molecule has 3 heterocycles. The highest BCUT2D eigenvalue weighted by Crippen LogP contribution is 2.32. The highest BCUT2D eigenvalue weighted by Gasteiger charge is 2.35. The van der Waals surface area contributed by atoms with Crippen LogP contribution in [0.1, 0.15) is 31.2 Å². The number of methoxy groups -OCH3 is 1. The first-order valence-electron chi connectivity index (χ1n) is 12.2. The fourth-order valence-corrected chi connectivity index (χ4v) is 6.33. The van der Waals surface area contributed by atoms with Crippen molar-refractivity contribution in [2.45, 2.75) is 37.8 Å². The van der Waals surface area contributed by atoms with Gasteiger partial charge in [-0.2, -0.15) is 0 Å². The lowest BCUT2D eigenvalue weighted by atomic mass is 9.93. The van der Waals surface area contributed by atoms with Crippen LogP contribution < -0.4 is 15.4 Å². The molecule has 2 aromatic rings. The van der Waals surface area contributed by atoms with Gasteiger partial charge in [-0.1, -0.05) is 0 Å². The molecule has 0 saturated carbocycles. The SMILES string of the molecule is COCCS(=O)(=O)N1CCC([C@H](C)Oc2cnc(N3C[C@H](c4cc(F)c(F)cc4F)[C@@H](N)C3)nc2)CC1. The highest BCUT2D eigenvalue weighted by atomic mass is 32.2. The standard InChI is InChI=1S/C24H32F3N5O4S/c1-15(16-3-5-32(6-4-16)37(33,34)8-7-35-2)36-17-11-29-24(30-12-17)31-13-19(23(28)14-31)18-9-21(26)22(27)10-20(18)25/h9-12,15-16,19,23H,3-8,13-14,28H2,1-2H3/t15-,19+,23-/m0/s1. The second-order valence-corrected chi connectivity index (χ2v) is 11.6. The summed E-state index contributed by atoms with van der Waals surface area (Å²) < 4.78 is 78.4. The van der Waals surface area contributed by atoms with E-state index in [0.29, 0.717) is 50.2 Å². The molecule has 3 atom stereocenters. The van der Waals surface area contributed by atoms with Crippen LogP contribution in [0.15, 0.2) is 24.5 Å². The second-order valence-electron chi connectivity index (χ2n) is 9.55. The maximum absolute atomic E-state index is 14.3. The molecule has 1 aromatic carbocycles. The molecule has 13 heteroatoms. The van der Waals surface area contributed by atoms with Crippen LogP contribution in [0.4, 0.5) is 19.1 Å². The molecule has 204 valence electrons. The highest BCUT2D eigenvalue weighted by molar-refractivity contribution is 7.89. The summed E-state index contributed by atoms with van der Waals surface area (Å²) in [6.07, 6.45) is 4.28. The lowest BCUT2D eigenvalue weighted by Gasteiger charge is -2.34. The van der Waals surface area contributed by atoms with Crippen LogP contribution in [0, 0.1) is 23.4 Å². The molecular formula is C24H32F3N5O4S. The molecule has 0 amide bonds. The Morgan fingerprint density at radius 2 is 1.73 bits per heavy atom. The van der Waals surface area contributed by atoms with Crippen molar-refractivity contribution in [3.63, 3.8) is 0 Å². The van der Waals surface area contributed by atoms with Gasteiger partial charge in [0.15, 0.2) is 17.4 Å². The van der Waals surface area contributed by atoms with Gasteiger partial charge in [0.2, 0.25) is 16.0 Å². The third-order valence-electron chi connectivity index (χ3n) is 7.12. The van der Waals surface area contributed by atoms with Gasteiger partial charge in [0, 0.05) is 51.3 Å². The molecule has 2 saturated heterocycles. The molecule has 9 nitrogen and oxygen atoms in total. The number of hydrogen-bond acceptors (Lipinski definition) is 8. The van der Waals surface area contributed by atoms with Gasteiger partial charge in [0.25, 0.3) is 0 Å². The Kier molecular flexibility index (Phi) is 8.56. The summed E-state index contributed by atoms with van der Waals surface area (Å²) >= 11 is 0. The Morgan fingerprint density at radius 1 is 1.08 bits per heavy atom. The van der Waals surface area contributed by atoms with E-state index < -0.39 is 39.4 Å². The number of aromatic nitrogens is 2. The number of halogens is 3. The monoisotopic (exact) mass is 543 g/mol. The molecule has 1 aromatic heterocycles. The van der Waals surface area contributed by atoms with Gasteiger partial charge in [0.05, 0.1) is 30.9 Å². The van der Waals surface area contributed by atoms with Crippen molar-refractivity contribution in [2.75, 3.05) is 50.5 Å². The average molecular weight is 544 g/mol. The van der Waals surface area contributed by atoms with E-state index in [-0.39, 0.29) is 36.5 Å². The summed E-state index contributed by atoms with van der Waals surface area (Å²) in [6, 6.07) is 0.883. The summed E-state index contributed by atoms with van der Waals surface area (Å²) in [5.74, 6) is -2.74. The van der Waals surface area contributed by atoms with Gasteiger partial charge >= 0.3 is 0 Å². The maximum Gasteiger partial charge on any atom is 0.225 e. The van der Waals surface area contributed by atoms with E-state index in [1.165, 1.54) is 11.4 Å². The van der Waals surface area contributed by atoms with E-state index >= 15 is 0 Å².